The first kappa shape index (κ1) is 14.4. The third-order valence-electron chi connectivity index (χ3n) is 3.24. The molecule has 1 unspecified atom stereocenters. The molecule has 0 spiro atoms. The lowest BCUT2D eigenvalue weighted by atomic mass is 9.95. The molecule has 0 aliphatic carbocycles. The lowest BCUT2D eigenvalue weighted by Gasteiger charge is -2.37. The molecule has 0 bridgehead atoms. The number of β-amino-alcohol motifs (C(OH)–C–C–N with tert-alkyl or cyclic N) is 1. The molecule has 0 aromatic carbocycles. The number of likely N-dealkylation sites (N-methyl/N-ethyl adjacent to an activating group) is 1. The molecule has 1 rings (SSSR count). The van der Waals surface area contributed by atoms with Crippen LogP contribution >= 0.6 is 0 Å². The van der Waals surface area contributed by atoms with Gasteiger partial charge in [0.2, 0.25) is 5.91 Å². The Hall–Kier alpha value is -0.650. The predicted octanol–water partition coefficient (Wildman–Crippen LogP) is -0.360. The van der Waals surface area contributed by atoms with Gasteiger partial charge in [-0.2, -0.15) is 0 Å². The number of piperidine rings is 1. The molecule has 1 aliphatic heterocycles. The van der Waals surface area contributed by atoms with E-state index in [-0.39, 0.29) is 5.91 Å². The van der Waals surface area contributed by atoms with Crippen molar-refractivity contribution in [2.24, 2.45) is 5.73 Å². The Balaban J connectivity index is 2.35. The second kappa shape index (κ2) is 6.33. The molecule has 1 heterocycles. The fourth-order valence-corrected chi connectivity index (χ4v) is 2.22. The van der Waals surface area contributed by atoms with Crippen molar-refractivity contribution in [1.29, 1.82) is 0 Å². The Labute approximate surface area is 104 Å². The molecular formula is C12H25N3O2. The maximum absolute atomic E-state index is 11.9. The molecule has 5 nitrogen and oxygen atoms in total. The standard InChI is InChI=1S/C12H25N3O2/c1-12(17)5-3-8-15(10-12)9-11(16)14(2)7-4-6-13/h17H,3-10,13H2,1-2H3. The largest absolute Gasteiger partial charge is 0.389 e. The van der Waals surface area contributed by atoms with Crippen molar-refractivity contribution in [3.63, 3.8) is 0 Å². The molecule has 100 valence electrons. The average molecular weight is 243 g/mol. The van der Waals surface area contributed by atoms with Crippen molar-refractivity contribution in [3.05, 3.63) is 0 Å². The van der Waals surface area contributed by atoms with Gasteiger partial charge >= 0.3 is 0 Å². The van der Waals surface area contributed by atoms with E-state index < -0.39 is 5.60 Å². The van der Waals surface area contributed by atoms with Gasteiger partial charge in [-0.15, -0.1) is 0 Å². The monoisotopic (exact) mass is 243 g/mol. The number of hydrogen-bond acceptors (Lipinski definition) is 4. The second-order valence-electron chi connectivity index (χ2n) is 5.27. The van der Waals surface area contributed by atoms with Gasteiger partial charge in [-0.1, -0.05) is 0 Å². The van der Waals surface area contributed by atoms with Crippen LogP contribution in [-0.2, 0) is 4.79 Å². The Morgan fingerprint density at radius 2 is 2.29 bits per heavy atom. The van der Waals surface area contributed by atoms with Crippen LogP contribution in [0.5, 0.6) is 0 Å². The summed E-state index contributed by atoms with van der Waals surface area (Å²) in [7, 11) is 1.81. The number of amides is 1. The van der Waals surface area contributed by atoms with E-state index in [0.29, 0.717) is 26.2 Å². The number of nitrogens with zero attached hydrogens (tertiary/aromatic N) is 2. The Bertz CT molecular complexity index is 256. The zero-order valence-corrected chi connectivity index (χ0v) is 11.0. The zero-order chi connectivity index (χ0) is 12.9. The molecule has 0 radical (unpaired) electrons. The number of nitrogens with two attached hydrogens (primary N) is 1. The van der Waals surface area contributed by atoms with Gasteiger partial charge in [0, 0.05) is 20.1 Å². The van der Waals surface area contributed by atoms with E-state index in [4.69, 9.17) is 5.73 Å². The molecular weight excluding hydrogens is 218 g/mol. The summed E-state index contributed by atoms with van der Waals surface area (Å²) in [5, 5.41) is 9.95. The van der Waals surface area contributed by atoms with E-state index in [1.165, 1.54) is 0 Å². The van der Waals surface area contributed by atoms with Crippen molar-refractivity contribution in [3.8, 4) is 0 Å². The first-order valence-corrected chi connectivity index (χ1v) is 6.33. The van der Waals surface area contributed by atoms with Gasteiger partial charge < -0.3 is 15.7 Å². The lowest BCUT2D eigenvalue weighted by Crippen LogP contribution is -2.49. The molecule has 5 heteroatoms. The number of carbonyl (C=O) groups excluding carboxylic acids is 1. The second-order valence-corrected chi connectivity index (χ2v) is 5.27. The highest BCUT2D eigenvalue weighted by Gasteiger charge is 2.29. The van der Waals surface area contributed by atoms with Crippen LogP contribution in [0.15, 0.2) is 0 Å². The van der Waals surface area contributed by atoms with Crippen LogP contribution in [-0.4, -0.2) is 66.2 Å². The number of hydrogen-bond donors (Lipinski definition) is 2. The van der Waals surface area contributed by atoms with Crippen molar-refractivity contribution in [2.75, 3.05) is 39.8 Å². The Morgan fingerprint density at radius 3 is 2.88 bits per heavy atom. The minimum atomic E-state index is -0.644. The lowest BCUT2D eigenvalue weighted by molar-refractivity contribution is -0.132. The number of rotatable bonds is 5. The normalized spacial score (nSPS) is 25.9. The fourth-order valence-electron chi connectivity index (χ4n) is 2.22. The van der Waals surface area contributed by atoms with Crippen molar-refractivity contribution < 1.29 is 9.90 Å². The number of likely N-dealkylation sites (tertiary alicyclic amines) is 1. The minimum Gasteiger partial charge on any atom is -0.389 e. The van der Waals surface area contributed by atoms with Gasteiger partial charge in [0.05, 0.1) is 12.1 Å². The topological polar surface area (TPSA) is 69.8 Å². The quantitative estimate of drug-likeness (QED) is 0.692. The Morgan fingerprint density at radius 1 is 1.59 bits per heavy atom. The molecule has 1 aliphatic rings. The number of carbonyl (C=O) groups is 1. The van der Waals surface area contributed by atoms with Gasteiger partial charge in [-0.25, -0.2) is 0 Å². The van der Waals surface area contributed by atoms with Crippen LogP contribution in [0.1, 0.15) is 26.2 Å². The van der Waals surface area contributed by atoms with Gasteiger partial charge in [-0.3, -0.25) is 9.69 Å². The van der Waals surface area contributed by atoms with Crippen molar-refractivity contribution in [1.82, 2.24) is 9.80 Å². The SMILES string of the molecule is CN(CCCN)C(=O)CN1CCCC(C)(O)C1. The third kappa shape index (κ3) is 5.02. The van der Waals surface area contributed by atoms with E-state index >= 15 is 0 Å². The van der Waals surface area contributed by atoms with Crippen molar-refractivity contribution >= 4 is 5.91 Å². The van der Waals surface area contributed by atoms with Crippen LogP contribution < -0.4 is 5.73 Å². The van der Waals surface area contributed by atoms with Crippen LogP contribution in [0.4, 0.5) is 0 Å². The molecule has 1 saturated heterocycles. The van der Waals surface area contributed by atoms with Gasteiger partial charge in [0.1, 0.15) is 0 Å². The summed E-state index contributed by atoms with van der Waals surface area (Å²) in [4.78, 5) is 15.6. The molecule has 0 saturated carbocycles. The van der Waals surface area contributed by atoms with Crippen molar-refractivity contribution in [2.45, 2.75) is 31.8 Å². The molecule has 1 atom stereocenters. The highest BCUT2D eigenvalue weighted by molar-refractivity contribution is 5.78. The molecule has 17 heavy (non-hydrogen) atoms. The molecule has 3 N–H and O–H groups in total. The van der Waals surface area contributed by atoms with E-state index in [9.17, 15) is 9.90 Å². The average Bonchev–Trinajstić information content (AvgIpc) is 2.24. The first-order valence-electron chi connectivity index (χ1n) is 6.33. The summed E-state index contributed by atoms with van der Waals surface area (Å²) in [6, 6.07) is 0. The van der Waals surface area contributed by atoms with E-state index in [0.717, 1.165) is 25.8 Å². The maximum Gasteiger partial charge on any atom is 0.236 e. The summed E-state index contributed by atoms with van der Waals surface area (Å²) < 4.78 is 0. The maximum atomic E-state index is 11.9. The zero-order valence-electron chi connectivity index (χ0n) is 11.0. The van der Waals surface area contributed by atoms with E-state index in [2.05, 4.69) is 0 Å². The predicted molar refractivity (Wildman–Crippen MR) is 67.6 cm³/mol. The smallest absolute Gasteiger partial charge is 0.236 e. The van der Waals surface area contributed by atoms with Gasteiger partial charge in [-0.05, 0) is 39.3 Å². The molecule has 1 fully saturated rings. The number of aliphatic hydroxyl groups is 1. The van der Waals surface area contributed by atoms with Crippen LogP contribution in [0.3, 0.4) is 0 Å². The van der Waals surface area contributed by atoms with Crippen LogP contribution in [0.25, 0.3) is 0 Å². The summed E-state index contributed by atoms with van der Waals surface area (Å²) in [6.45, 7) is 5.03. The molecule has 0 aromatic heterocycles. The van der Waals surface area contributed by atoms with Gasteiger partial charge in [0.15, 0.2) is 0 Å². The first-order chi connectivity index (χ1) is 7.94. The summed E-state index contributed by atoms with van der Waals surface area (Å²) in [5.74, 6) is 0.108. The summed E-state index contributed by atoms with van der Waals surface area (Å²) in [5.41, 5.74) is 4.77. The molecule has 0 aromatic rings. The van der Waals surface area contributed by atoms with E-state index in [1.807, 2.05) is 11.8 Å². The summed E-state index contributed by atoms with van der Waals surface area (Å²) in [6.07, 6.45) is 2.60. The highest BCUT2D eigenvalue weighted by Crippen LogP contribution is 2.19. The third-order valence-corrected chi connectivity index (χ3v) is 3.24. The van der Waals surface area contributed by atoms with Gasteiger partial charge in [0.25, 0.3) is 0 Å². The van der Waals surface area contributed by atoms with Crippen LogP contribution in [0.2, 0.25) is 0 Å². The fraction of sp³-hybridized carbons (Fsp3) is 0.917. The molecule has 1 amide bonds. The van der Waals surface area contributed by atoms with Crippen LogP contribution in [0, 0.1) is 0 Å². The summed E-state index contributed by atoms with van der Waals surface area (Å²) >= 11 is 0. The minimum absolute atomic E-state index is 0.108. The highest BCUT2D eigenvalue weighted by atomic mass is 16.3. The van der Waals surface area contributed by atoms with E-state index in [1.54, 1.807) is 11.9 Å². The Kier molecular flexibility index (Phi) is 5.36.